The monoisotopic (exact) mass is 373 g/mol. The highest BCUT2D eigenvalue weighted by molar-refractivity contribution is 6.32. The summed E-state index contributed by atoms with van der Waals surface area (Å²) in [6, 6.07) is 14.9. The lowest BCUT2D eigenvalue weighted by Crippen LogP contribution is -2.11. The molecule has 0 unspecified atom stereocenters. The third kappa shape index (κ3) is 5.36. The minimum Gasteiger partial charge on any atom is -0.463 e. The van der Waals surface area contributed by atoms with E-state index in [1.165, 1.54) is 13.2 Å². The molecule has 0 radical (unpaired) electrons. The average Bonchev–Trinajstić information content (AvgIpc) is 2.67. The van der Waals surface area contributed by atoms with Gasteiger partial charge >= 0.3 is 5.97 Å². The summed E-state index contributed by atoms with van der Waals surface area (Å²) in [6.45, 7) is 3.86. The third-order valence-electron chi connectivity index (χ3n) is 3.49. The van der Waals surface area contributed by atoms with Crippen LogP contribution in [0.15, 0.2) is 65.5 Å². The fraction of sp³-hybridized carbons (Fsp3) is 0.200. The predicted molar refractivity (Wildman–Crippen MR) is 101 cm³/mol. The number of carbonyl (C=O) groups is 1. The summed E-state index contributed by atoms with van der Waals surface area (Å²) < 4.78 is 10.2. The van der Waals surface area contributed by atoms with Gasteiger partial charge in [-0.25, -0.2) is 4.79 Å². The molecule has 6 heteroatoms. The Morgan fingerprint density at radius 2 is 1.92 bits per heavy atom. The van der Waals surface area contributed by atoms with Crippen LogP contribution < -0.4 is 4.74 Å². The molecule has 0 saturated carbocycles. The van der Waals surface area contributed by atoms with E-state index in [4.69, 9.17) is 21.2 Å². The Kier molecular flexibility index (Phi) is 7.24. The van der Waals surface area contributed by atoms with E-state index in [1.807, 2.05) is 37.3 Å². The topological polar surface area (TPSA) is 57.1 Å². The van der Waals surface area contributed by atoms with E-state index < -0.39 is 5.97 Å². The molecule has 26 heavy (non-hydrogen) atoms. The quantitative estimate of drug-likeness (QED) is 0.231. The third-order valence-corrected chi connectivity index (χ3v) is 3.81. The summed E-state index contributed by atoms with van der Waals surface area (Å²) in [5, 5.41) is 4.49. The van der Waals surface area contributed by atoms with Gasteiger partial charge in [-0.1, -0.05) is 53.2 Å². The minimum absolute atomic E-state index is 0.0569. The summed E-state index contributed by atoms with van der Waals surface area (Å²) in [5.74, 6) is -0.188. The number of benzene rings is 2. The van der Waals surface area contributed by atoms with Crippen molar-refractivity contribution in [1.29, 1.82) is 0 Å². The van der Waals surface area contributed by atoms with Crippen LogP contribution in [0.4, 0.5) is 0 Å². The van der Waals surface area contributed by atoms with Gasteiger partial charge in [0, 0.05) is 5.56 Å². The number of rotatable bonds is 7. The molecule has 5 nitrogen and oxygen atoms in total. The lowest BCUT2D eigenvalue weighted by atomic mass is 10.1. The first-order valence-corrected chi connectivity index (χ1v) is 8.35. The van der Waals surface area contributed by atoms with Crippen LogP contribution in [-0.4, -0.2) is 18.8 Å². The van der Waals surface area contributed by atoms with Crippen molar-refractivity contribution in [2.45, 2.75) is 20.5 Å². The van der Waals surface area contributed by atoms with E-state index >= 15 is 0 Å². The highest BCUT2D eigenvalue weighted by Crippen LogP contribution is 2.28. The SMILES string of the molecule is CC=C(Oc1cc(C(C)=NOCc2ccccc2)ccc1Cl)C(=O)OC. The molecule has 0 saturated heterocycles. The Morgan fingerprint density at radius 1 is 1.19 bits per heavy atom. The van der Waals surface area contributed by atoms with E-state index in [0.29, 0.717) is 23.1 Å². The maximum absolute atomic E-state index is 11.7. The first-order chi connectivity index (χ1) is 12.5. The molecule has 2 rings (SSSR count). The molecule has 0 aliphatic carbocycles. The zero-order valence-electron chi connectivity index (χ0n) is 14.9. The second-order valence-corrected chi connectivity index (χ2v) is 5.73. The van der Waals surface area contributed by atoms with E-state index in [2.05, 4.69) is 9.89 Å². The largest absolute Gasteiger partial charge is 0.463 e. The van der Waals surface area contributed by atoms with Gasteiger partial charge in [-0.2, -0.15) is 0 Å². The molecule has 2 aromatic rings. The Balaban J connectivity index is 2.12. The summed E-state index contributed by atoms with van der Waals surface area (Å²) >= 11 is 6.16. The number of esters is 1. The molecule has 0 aliphatic heterocycles. The molecule has 0 aromatic heterocycles. The van der Waals surface area contributed by atoms with Gasteiger partial charge in [-0.15, -0.1) is 0 Å². The lowest BCUT2D eigenvalue weighted by molar-refractivity contribution is -0.138. The maximum atomic E-state index is 11.7. The molecular formula is C20H20ClNO4. The first-order valence-electron chi connectivity index (χ1n) is 7.98. The second kappa shape index (κ2) is 9.63. The molecular weight excluding hydrogens is 354 g/mol. The van der Waals surface area contributed by atoms with Gasteiger partial charge in [0.25, 0.3) is 0 Å². The van der Waals surface area contributed by atoms with Crippen molar-refractivity contribution in [3.05, 3.63) is 76.5 Å². The van der Waals surface area contributed by atoms with Gasteiger partial charge in [0.2, 0.25) is 5.76 Å². The van der Waals surface area contributed by atoms with E-state index in [0.717, 1.165) is 11.1 Å². The molecule has 0 spiro atoms. The number of allylic oxidation sites excluding steroid dienone is 1. The fourth-order valence-corrected chi connectivity index (χ4v) is 2.23. The molecule has 0 heterocycles. The van der Waals surface area contributed by atoms with Crippen LogP contribution >= 0.6 is 11.6 Å². The Bertz CT molecular complexity index is 816. The summed E-state index contributed by atoms with van der Waals surface area (Å²) in [4.78, 5) is 17.0. The second-order valence-electron chi connectivity index (χ2n) is 5.33. The number of nitrogens with zero attached hydrogens (tertiary/aromatic N) is 1. The number of carbonyl (C=O) groups excluding carboxylic acids is 1. The number of hydrogen-bond acceptors (Lipinski definition) is 5. The van der Waals surface area contributed by atoms with Gasteiger partial charge in [0.1, 0.15) is 12.4 Å². The van der Waals surface area contributed by atoms with Crippen molar-refractivity contribution in [1.82, 2.24) is 0 Å². The normalized spacial score (nSPS) is 11.8. The van der Waals surface area contributed by atoms with Crippen molar-refractivity contribution >= 4 is 23.3 Å². The van der Waals surface area contributed by atoms with Gasteiger partial charge in [-0.05, 0) is 37.6 Å². The van der Waals surface area contributed by atoms with Crippen LogP contribution in [0, 0.1) is 0 Å². The Morgan fingerprint density at radius 3 is 2.58 bits per heavy atom. The van der Waals surface area contributed by atoms with Gasteiger partial charge in [0.15, 0.2) is 0 Å². The number of methoxy groups -OCH3 is 1. The van der Waals surface area contributed by atoms with Gasteiger partial charge in [0.05, 0.1) is 17.8 Å². The van der Waals surface area contributed by atoms with Gasteiger partial charge in [-0.3, -0.25) is 0 Å². The average molecular weight is 374 g/mol. The predicted octanol–water partition coefficient (Wildman–Crippen LogP) is 4.74. The number of oxime groups is 1. The lowest BCUT2D eigenvalue weighted by Gasteiger charge is -2.11. The number of ether oxygens (including phenoxy) is 2. The zero-order chi connectivity index (χ0) is 18.9. The summed E-state index contributed by atoms with van der Waals surface area (Å²) in [5.41, 5.74) is 2.44. The van der Waals surface area contributed by atoms with Crippen LogP contribution in [0.5, 0.6) is 5.75 Å². The molecule has 0 N–H and O–H groups in total. The molecule has 0 fully saturated rings. The standard InChI is InChI=1S/C20H20ClNO4/c1-4-18(20(23)24-3)26-19-12-16(10-11-17(19)21)14(2)22-25-13-15-8-6-5-7-9-15/h4-12H,13H2,1-3H3. The van der Waals surface area contributed by atoms with Crippen molar-refractivity contribution in [3.8, 4) is 5.75 Å². The zero-order valence-corrected chi connectivity index (χ0v) is 15.6. The maximum Gasteiger partial charge on any atom is 0.373 e. The highest BCUT2D eigenvalue weighted by Gasteiger charge is 2.14. The minimum atomic E-state index is -0.578. The molecule has 0 aliphatic rings. The van der Waals surface area contributed by atoms with Crippen molar-refractivity contribution in [3.63, 3.8) is 0 Å². The fourth-order valence-electron chi connectivity index (χ4n) is 2.07. The highest BCUT2D eigenvalue weighted by atomic mass is 35.5. The number of halogens is 1. The van der Waals surface area contributed by atoms with Crippen LogP contribution in [0.2, 0.25) is 5.02 Å². The molecule has 2 aromatic carbocycles. The van der Waals surface area contributed by atoms with Crippen molar-refractivity contribution < 1.29 is 19.1 Å². The van der Waals surface area contributed by atoms with Crippen LogP contribution in [0.25, 0.3) is 0 Å². The van der Waals surface area contributed by atoms with E-state index in [-0.39, 0.29) is 5.76 Å². The summed E-state index contributed by atoms with van der Waals surface area (Å²) in [7, 11) is 1.29. The van der Waals surface area contributed by atoms with Gasteiger partial charge < -0.3 is 14.3 Å². The smallest absolute Gasteiger partial charge is 0.373 e. The van der Waals surface area contributed by atoms with Crippen molar-refractivity contribution in [2.75, 3.05) is 7.11 Å². The van der Waals surface area contributed by atoms with E-state index in [9.17, 15) is 4.79 Å². The molecule has 0 amide bonds. The van der Waals surface area contributed by atoms with E-state index in [1.54, 1.807) is 25.1 Å². The molecule has 0 atom stereocenters. The van der Waals surface area contributed by atoms with Crippen LogP contribution in [-0.2, 0) is 21.0 Å². The Hall–Kier alpha value is -2.79. The molecule has 136 valence electrons. The van der Waals surface area contributed by atoms with Crippen LogP contribution in [0.1, 0.15) is 25.0 Å². The summed E-state index contributed by atoms with van der Waals surface area (Å²) in [6.07, 6.45) is 1.51. The number of hydrogen-bond donors (Lipinski definition) is 0. The first kappa shape index (κ1) is 19.5. The molecule has 0 bridgehead atoms. The Labute approximate surface area is 157 Å². The van der Waals surface area contributed by atoms with Crippen LogP contribution in [0.3, 0.4) is 0 Å². The van der Waals surface area contributed by atoms with Crippen molar-refractivity contribution in [2.24, 2.45) is 5.16 Å².